The second kappa shape index (κ2) is 5.16. The molecular formula is C12H15N3O5. The highest BCUT2D eigenvalue weighted by Gasteiger charge is 2.34. The number of aliphatic carboxylic acids is 1. The third-order valence-corrected chi connectivity index (χ3v) is 3.18. The lowest BCUT2D eigenvalue weighted by molar-refractivity contribution is -0.384. The quantitative estimate of drug-likeness (QED) is 0.612. The summed E-state index contributed by atoms with van der Waals surface area (Å²) < 4.78 is 0. The van der Waals surface area contributed by atoms with E-state index in [2.05, 4.69) is 0 Å². The summed E-state index contributed by atoms with van der Waals surface area (Å²) in [5.74, 6) is -1.97. The minimum Gasteiger partial charge on any atom is -0.480 e. The van der Waals surface area contributed by atoms with Crippen LogP contribution in [0.3, 0.4) is 0 Å². The van der Waals surface area contributed by atoms with E-state index in [-0.39, 0.29) is 16.9 Å². The molecule has 0 bridgehead atoms. The van der Waals surface area contributed by atoms with Gasteiger partial charge in [-0.25, -0.2) is 4.79 Å². The second-order valence-corrected chi connectivity index (χ2v) is 4.75. The Morgan fingerprint density at radius 3 is 2.35 bits per heavy atom. The number of carbonyl (C=O) groups excluding carboxylic acids is 1. The van der Waals surface area contributed by atoms with Gasteiger partial charge in [-0.2, -0.15) is 0 Å². The lowest BCUT2D eigenvalue weighted by Gasteiger charge is -2.34. The fourth-order valence-corrected chi connectivity index (χ4v) is 1.57. The molecule has 8 heteroatoms. The van der Waals surface area contributed by atoms with Crippen LogP contribution in [0, 0.1) is 10.1 Å². The van der Waals surface area contributed by atoms with Gasteiger partial charge >= 0.3 is 5.97 Å². The first kappa shape index (κ1) is 15.4. The molecule has 20 heavy (non-hydrogen) atoms. The van der Waals surface area contributed by atoms with Crippen molar-refractivity contribution < 1.29 is 19.6 Å². The number of nitrogens with two attached hydrogens (primary N) is 1. The lowest BCUT2D eigenvalue weighted by atomic mass is 10.0. The maximum Gasteiger partial charge on any atom is 0.328 e. The van der Waals surface area contributed by atoms with Crippen molar-refractivity contribution in [2.75, 3.05) is 11.9 Å². The Morgan fingerprint density at radius 2 is 1.95 bits per heavy atom. The highest BCUT2D eigenvalue weighted by Crippen LogP contribution is 2.29. The van der Waals surface area contributed by atoms with Gasteiger partial charge in [-0.05, 0) is 19.9 Å². The van der Waals surface area contributed by atoms with Crippen LogP contribution in [0.5, 0.6) is 0 Å². The molecule has 1 aromatic carbocycles. The number of hydrogen-bond donors (Lipinski definition) is 2. The molecule has 1 aromatic rings. The minimum absolute atomic E-state index is 0.101. The maximum atomic E-state index is 11.4. The molecule has 0 fully saturated rings. The van der Waals surface area contributed by atoms with Crippen LogP contribution < -0.4 is 10.6 Å². The summed E-state index contributed by atoms with van der Waals surface area (Å²) in [4.78, 5) is 34.0. The summed E-state index contributed by atoms with van der Waals surface area (Å²) in [5.41, 5.74) is 3.73. The molecule has 0 aliphatic carbocycles. The van der Waals surface area contributed by atoms with Crippen molar-refractivity contribution in [1.82, 2.24) is 0 Å². The summed E-state index contributed by atoms with van der Waals surface area (Å²) >= 11 is 0. The van der Waals surface area contributed by atoms with Gasteiger partial charge in [-0.1, -0.05) is 0 Å². The molecule has 1 rings (SSSR count). The number of carboxylic acid groups (broad SMARTS) is 1. The molecular weight excluding hydrogens is 266 g/mol. The molecule has 0 saturated heterocycles. The number of amides is 1. The SMILES string of the molecule is CN(c1ccc([N+](=O)[O-])cc1C(N)=O)C(C)(C)C(=O)O. The number of rotatable bonds is 5. The largest absolute Gasteiger partial charge is 0.480 e. The first-order chi connectivity index (χ1) is 9.09. The molecule has 0 aliphatic rings. The van der Waals surface area contributed by atoms with Gasteiger partial charge in [0.25, 0.3) is 11.6 Å². The Morgan fingerprint density at radius 1 is 1.40 bits per heavy atom. The number of anilines is 1. The van der Waals surface area contributed by atoms with Crippen molar-refractivity contribution in [1.29, 1.82) is 0 Å². The van der Waals surface area contributed by atoms with E-state index in [1.165, 1.54) is 37.9 Å². The summed E-state index contributed by atoms with van der Waals surface area (Å²) in [6, 6.07) is 3.53. The zero-order valence-corrected chi connectivity index (χ0v) is 11.3. The van der Waals surface area contributed by atoms with Gasteiger partial charge in [0.1, 0.15) is 5.54 Å². The van der Waals surface area contributed by atoms with Gasteiger partial charge in [0.2, 0.25) is 0 Å². The van der Waals surface area contributed by atoms with Crippen molar-refractivity contribution >= 4 is 23.3 Å². The van der Waals surface area contributed by atoms with Crippen molar-refractivity contribution in [2.24, 2.45) is 5.73 Å². The zero-order chi connectivity index (χ0) is 15.7. The predicted octanol–water partition coefficient (Wildman–Crippen LogP) is 0.993. The van der Waals surface area contributed by atoms with Gasteiger partial charge in [0.05, 0.1) is 16.2 Å². The average molecular weight is 281 g/mol. The lowest BCUT2D eigenvalue weighted by Crippen LogP contribution is -2.48. The smallest absolute Gasteiger partial charge is 0.328 e. The number of benzene rings is 1. The molecule has 108 valence electrons. The third kappa shape index (κ3) is 2.68. The van der Waals surface area contributed by atoms with Crippen molar-refractivity contribution in [3.8, 4) is 0 Å². The van der Waals surface area contributed by atoms with Gasteiger partial charge in [0.15, 0.2) is 0 Å². The van der Waals surface area contributed by atoms with E-state index in [1.54, 1.807) is 0 Å². The Balaban J connectivity index is 3.42. The number of nitro benzene ring substituents is 1. The van der Waals surface area contributed by atoms with Crippen LogP contribution in [-0.4, -0.2) is 34.5 Å². The Kier molecular flexibility index (Phi) is 3.97. The van der Waals surface area contributed by atoms with Crippen LogP contribution in [0.15, 0.2) is 18.2 Å². The Hall–Kier alpha value is -2.64. The Bertz CT molecular complexity index is 582. The van der Waals surface area contributed by atoms with Gasteiger partial charge in [-0.3, -0.25) is 14.9 Å². The van der Waals surface area contributed by atoms with E-state index < -0.39 is 22.3 Å². The molecule has 1 amide bonds. The van der Waals surface area contributed by atoms with Crippen LogP contribution >= 0.6 is 0 Å². The second-order valence-electron chi connectivity index (χ2n) is 4.75. The van der Waals surface area contributed by atoms with Crippen LogP contribution in [0.4, 0.5) is 11.4 Å². The van der Waals surface area contributed by atoms with Crippen molar-refractivity contribution in [3.05, 3.63) is 33.9 Å². The average Bonchev–Trinajstić information content (AvgIpc) is 2.36. The molecule has 0 spiro atoms. The topological polar surface area (TPSA) is 127 Å². The summed E-state index contributed by atoms with van der Waals surface area (Å²) in [7, 11) is 1.47. The maximum absolute atomic E-state index is 11.4. The summed E-state index contributed by atoms with van der Waals surface area (Å²) in [6.07, 6.45) is 0. The van der Waals surface area contributed by atoms with E-state index in [9.17, 15) is 24.8 Å². The van der Waals surface area contributed by atoms with Gasteiger partial charge in [-0.15, -0.1) is 0 Å². The highest BCUT2D eigenvalue weighted by molar-refractivity contribution is 6.00. The Labute approximate surface area is 114 Å². The van der Waals surface area contributed by atoms with E-state index in [0.29, 0.717) is 0 Å². The van der Waals surface area contributed by atoms with E-state index >= 15 is 0 Å². The number of non-ortho nitro benzene ring substituents is 1. The molecule has 0 atom stereocenters. The molecule has 3 N–H and O–H groups in total. The van der Waals surface area contributed by atoms with Gasteiger partial charge in [0, 0.05) is 19.2 Å². The molecule has 0 unspecified atom stereocenters. The van der Waals surface area contributed by atoms with Crippen LogP contribution in [0.25, 0.3) is 0 Å². The number of primary amides is 1. The van der Waals surface area contributed by atoms with E-state index in [1.807, 2.05) is 0 Å². The van der Waals surface area contributed by atoms with Crippen molar-refractivity contribution in [2.45, 2.75) is 19.4 Å². The number of carbonyl (C=O) groups is 2. The fraction of sp³-hybridized carbons (Fsp3) is 0.333. The number of likely N-dealkylation sites (N-methyl/N-ethyl adjacent to an activating group) is 1. The predicted molar refractivity (Wildman–Crippen MR) is 71.7 cm³/mol. The molecule has 0 radical (unpaired) electrons. The van der Waals surface area contributed by atoms with E-state index in [4.69, 9.17) is 5.73 Å². The van der Waals surface area contributed by atoms with E-state index in [0.717, 1.165) is 6.07 Å². The van der Waals surface area contributed by atoms with Crippen LogP contribution in [0.1, 0.15) is 24.2 Å². The minimum atomic E-state index is -1.31. The molecule has 0 heterocycles. The summed E-state index contributed by atoms with van der Waals surface area (Å²) in [5, 5.41) is 19.9. The zero-order valence-electron chi connectivity index (χ0n) is 11.3. The molecule has 0 aliphatic heterocycles. The monoisotopic (exact) mass is 281 g/mol. The normalized spacial score (nSPS) is 10.9. The van der Waals surface area contributed by atoms with Crippen molar-refractivity contribution in [3.63, 3.8) is 0 Å². The fourth-order valence-electron chi connectivity index (χ4n) is 1.57. The highest BCUT2D eigenvalue weighted by atomic mass is 16.6. The number of nitro groups is 1. The standard InChI is InChI=1S/C12H15N3O5/c1-12(2,11(17)18)14(3)9-5-4-7(15(19)20)6-8(9)10(13)16/h4-6H,1-3H3,(H2,13,16)(H,17,18). The summed E-state index contributed by atoms with van der Waals surface area (Å²) in [6.45, 7) is 2.89. The molecule has 8 nitrogen and oxygen atoms in total. The third-order valence-electron chi connectivity index (χ3n) is 3.18. The molecule has 0 aromatic heterocycles. The first-order valence-corrected chi connectivity index (χ1v) is 5.64. The first-order valence-electron chi connectivity index (χ1n) is 5.64. The van der Waals surface area contributed by atoms with Gasteiger partial charge < -0.3 is 15.7 Å². The number of hydrogen-bond acceptors (Lipinski definition) is 5. The van der Waals surface area contributed by atoms with Crippen LogP contribution in [-0.2, 0) is 4.79 Å². The molecule has 0 saturated carbocycles. The van der Waals surface area contributed by atoms with Crippen LogP contribution in [0.2, 0.25) is 0 Å². The number of nitrogens with zero attached hydrogens (tertiary/aromatic N) is 2. The number of carboxylic acids is 1.